The molecule has 0 bridgehead atoms. The van der Waals surface area contributed by atoms with E-state index in [1.54, 1.807) is 6.07 Å². The molecule has 1 saturated carbocycles. The van der Waals surface area contributed by atoms with Crippen molar-refractivity contribution in [3.05, 3.63) is 47.9 Å². The second-order valence-corrected chi connectivity index (χ2v) is 9.79. The fourth-order valence-electron chi connectivity index (χ4n) is 3.87. The van der Waals surface area contributed by atoms with Gasteiger partial charge in [0.1, 0.15) is 0 Å². The molecule has 1 saturated heterocycles. The standard InChI is InChI=1S/C21H24N4O4S/c1-15-4-2-7-17(14-15)24-10-12-25(13-11-24)30(26,27)19-9-8-18(28-19)21-23-22-20(29-21)16-5-3-6-16/h2,4,7-9,14,16H,3,5-6,10-13H2,1H3. The molecule has 1 aliphatic carbocycles. The molecule has 30 heavy (non-hydrogen) atoms. The summed E-state index contributed by atoms with van der Waals surface area (Å²) in [6.07, 6.45) is 3.27. The van der Waals surface area contributed by atoms with Gasteiger partial charge in [0.25, 0.3) is 15.9 Å². The van der Waals surface area contributed by atoms with E-state index >= 15 is 0 Å². The zero-order chi connectivity index (χ0) is 20.7. The maximum absolute atomic E-state index is 13.0. The topological polar surface area (TPSA) is 92.7 Å². The molecule has 0 spiro atoms. The number of piperazine rings is 1. The third kappa shape index (κ3) is 3.52. The van der Waals surface area contributed by atoms with Gasteiger partial charge in [0.15, 0.2) is 5.76 Å². The second kappa shape index (κ2) is 7.55. The highest BCUT2D eigenvalue weighted by molar-refractivity contribution is 7.89. The first-order chi connectivity index (χ1) is 14.5. The lowest BCUT2D eigenvalue weighted by molar-refractivity contribution is 0.333. The molecule has 0 amide bonds. The Morgan fingerprint density at radius 1 is 1.00 bits per heavy atom. The quantitative estimate of drug-likeness (QED) is 0.615. The normalized spacial score (nSPS) is 18.5. The van der Waals surface area contributed by atoms with Gasteiger partial charge in [-0.15, -0.1) is 10.2 Å². The maximum atomic E-state index is 13.0. The Morgan fingerprint density at radius 3 is 2.50 bits per heavy atom. The molecule has 0 unspecified atom stereocenters. The lowest BCUT2D eigenvalue weighted by Gasteiger charge is -2.35. The molecular weight excluding hydrogens is 404 g/mol. The van der Waals surface area contributed by atoms with Crippen molar-refractivity contribution < 1.29 is 17.3 Å². The Balaban J connectivity index is 1.28. The second-order valence-electron chi connectivity index (χ2n) is 7.92. The van der Waals surface area contributed by atoms with E-state index < -0.39 is 10.0 Å². The van der Waals surface area contributed by atoms with E-state index in [1.807, 2.05) is 6.07 Å². The molecule has 1 aliphatic heterocycles. The molecule has 2 aromatic heterocycles. The Bertz CT molecular complexity index is 1140. The average molecular weight is 429 g/mol. The summed E-state index contributed by atoms with van der Waals surface area (Å²) in [6.45, 7) is 4.12. The molecule has 8 nitrogen and oxygen atoms in total. The van der Waals surface area contributed by atoms with Crippen molar-refractivity contribution in [1.29, 1.82) is 0 Å². The summed E-state index contributed by atoms with van der Waals surface area (Å²) in [7, 11) is -3.72. The molecule has 5 rings (SSSR count). The highest BCUT2D eigenvalue weighted by atomic mass is 32.2. The third-order valence-electron chi connectivity index (χ3n) is 5.89. The molecule has 9 heteroatoms. The van der Waals surface area contributed by atoms with Gasteiger partial charge in [-0.1, -0.05) is 18.6 Å². The number of furan rings is 1. The van der Waals surface area contributed by atoms with E-state index in [0.29, 0.717) is 38.0 Å². The number of anilines is 1. The van der Waals surface area contributed by atoms with E-state index in [-0.39, 0.29) is 16.7 Å². The van der Waals surface area contributed by atoms with E-state index in [1.165, 1.54) is 22.4 Å². The SMILES string of the molecule is Cc1cccc(N2CCN(S(=O)(=O)c3ccc(-c4nnc(C5CCC5)o4)o3)CC2)c1. The van der Waals surface area contributed by atoms with Gasteiger partial charge in [-0.05, 0) is 49.6 Å². The Labute approximate surface area is 175 Å². The van der Waals surface area contributed by atoms with Crippen molar-refractivity contribution in [3.63, 3.8) is 0 Å². The largest absolute Gasteiger partial charge is 0.438 e. The number of hydrogen-bond acceptors (Lipinski definition) is 7. The molecule has 3 aromatic rings. The fraction of sp³-hybridized carbons (Fsp3) is 0.429. The first kappa shape index (κ1) is 19.3. The highest BCUT2D eigenvalue weighted by Crippen LogP contribution is 2.37. The molecule has 0 atom stereocenters. The number of aromatic nitrogens is 2. The van der Waals surface area contributed by atoms with Crippen LogP contribution < -0.4 is 4.90 Å². The number of sulfonamides is 1. The van der Waals surface area contributed by atoms with Crippen molar-refractivity contribution in [3.8, 4) is 11.7 Å². The summed E-state index contributed by atoms with van der Waals surface area (Å²) in [5, 5.41) is 8.01. The number of benzene rings is 1. The van der Waals surface area contributed by atoms with Gasteiger partial charge < -0.3 is 13.7 Å². The first-order valence-corrected chi connectivity index (χ1v) is 11.7. The van der Waals surface area contributed by atoms with Gasteiger partial charge in [0.05, 0.1) is 0 Å². The van der Waals surface area contributed by atoms with Crippen LogP contribution in [0.3, 0.4) is 0 Å². The molecule has 3 heterocycles. The van der Waals surface area contributed by atoms with Crippen molar-refractivity contribution in [2.75, 3.05) is 31.1 Å². The summed E-state index contributed by atoms with van der Waals surface area (Å²) in [6, 6.07) is 11.3. The van der Waals surface area contributed by atoms with Crippen LogP contribution in [-0.2, 0) is 10.0 Å². The average Bonchev–Trinajstić information content (AvgIpc) is 3.37. The van der Waals surface area contributed by atoms with Gasteiger partial charge in [-0.25, -0.2) is 8.42 Å². The summed E-state index contributed by atoms with van der Waals surface area (Å²) in [5.41, 5.74) is 2.30. The fourth-order valence-corrected chi connectivity index (χ4v) is 5.20. The number of nitrogens with zero attached hydrogens (tertiary/aromatic N) is 4. The van der Waals surface area contributed by atoms with Crippen LogP contribution in [0.2, 0.25) is 0 Å². The molecule has 2 aliphatic rings. The molecule has 2 fully saturated rings. The zero-order valence-corrected chi connectivity index (χ0v) is 17.6. The molecule has 0 radical (unpaired) electrons. The van der Waals surface area contributed by atoms with E-state index in [9.17, 15) is 8.42 Å². The molecule has 158 valence electrons. The first-order valence-electron chi connectivity index (χ1n) is 10.3. The Kier molecular flexibility index (Phi) is 4.86. The minimum Gasteiger partial charge on any atom is -0.438 e. The summed E-state index contributed by atoms with van der Waals surface area (Å²) in [5.74, 6) is 1.42. The smallest absolute Gasteiger partial charge is 0.283 e. The van der Waals surface area contributed by atoms with Crippen molar-refractivity contribution in [2.45, 2.75) is 37.2 Å². The summed E-state index contributed by atoms with van der Waals surface area (Å²) >= 11 is 0. The van der Waals surface area contributed by atoms with Crippen LogP contribution in [0.4, 0.5) is 5.69 Å². The van der Waals surface area contributed by atoms with Gasteiger partial charge in [-0.2, -0.15) is 4.31 Å². The molecular formula is C21H24N4O4S. The lowest BCUT2D eigenvalue weighted by Crippen LogP contribution is -2.48. The van der Waals surface area contributed by atoms with Crippen LogP contribution >= 0.6 is 0 Å². The van der Waals surface area contributed by atoms with E-state index in [0.717, 1.165) is 18.5 Å². The predicted molar refractivity (Wildman–Crippen MR) is 111 cm³/mol. The van der Waals surface area contributed by atoms with Gasteiger partial charge in [-0.3, -0.25) is 0 Å². The lowest BCUT2D eigenvalue weighted by atomic mass is 9.85. The van der Waals surface area contributed by atoms with Gasteiger partial charge in [0.2, 0.25) is 11.0 Å². The van der Waals surface area contributed by atoms with Crippen molar-refractivity contribution in [2.24, 2.45) is 0 Å². The van der Waals surface area contributed by atoms with Crippen molar-refractivity contribution >= 4 is 15.7 Å². The third-order valence-corrected chi connectivity index (χ3v) is 7.66. The summed E-state index contributed by atoms with van der Waals surface area (Å²) in [4.78, 5) is 2.20. The Morgan fingerprint density at radius 2 is 1.80 bits per heavy atom. The van der Waals surface area contributed by atoms with Crippen LogP contribution in [-0.4, -0.2) is 49.1 Å². The Hall–Kier alpha value is -2.65. The van der Waals surface area contributed by atoms with Gasteiger partial charge in [0, 0.05) is 37.8 Å². The van der Waals surface area contributed by atoms with Crippen LogP contribution in [0.1, 0.15) is 36.6 Å². The number of rotatable bonds is 5. The predicted octanol–water partition coefficient (Wildman–Crippen LogP) is 3.42. The molecule has 1 aromatic carbocycles. The minimum atomic E-state index is -3.72. The summed E-state index contributed by atoms with van der Waals surface area (Å²) < 4.78 is 38.9. The zero-order valence-electron chi connectivity index (χ0n) is 16.8. The number of aryl methyl sites for hydroxylation is 1. The highest BCUT2D eigenvalue weighted by Gasteiger charge is 2.32. The van der Waals surface area contributed by atoms with Crippen LogP contribution in [0.25, 0.3) is 11.7 Å². The number of hydrogen-bond donors (Lipinski definition) is 0. The maximum Gasteiger partial charge on any atom is 0.283 e. The monoisotopic (exact) mass is 428 g/mol. The van der Waals surface area contributed by atoms with E-state index in [4.69, 9.17) is 8.83 Å². The van der Waals surface area contributed by atoms with Crippen LogP contribution in [0, 0.1) is 6.92 Å². The molecule has 0 N–H and O–H groups in total. The van der Waals surface area contributed by atoms with Crippen LogP contribution in [0.5, 0.6) is 0 Å². The van der Waals surface area contributed by atoms with Crippen LogP contribution in [0.15, 0.2) is 50.3 Å². The van der Waals surface area contributed by atoms with E-state index in [2.05, 4.69) is 40.2 Å². The van der Waals surface area contributed by atoms with Gasteiger partial charge >= 0.3 is 0 Å². The van der Waals surface area contributed by atoms with Crippen molar-refractivity contribution in [1.82, 2.24) is 14.5 Å². The minimum absolute atomic E-state index is 0.0927.